The predicted octanol–water partition coefficient (Wildman–Crippen LogP) is 0.601. The number of aliphatic carboxylic acids is 1. The predicted molar refractivity (Wildman–Crippen MR) is 68.9 cm³/mol. The standard InChI is InChI=1S/C12H15NO5S/c1-7-4-5-9(6-10(7)19(3,17)18)11(14)13-8(2)12(15)16/h4-6,8H,1-3H3,(H,13,14)(H,15,16)/t8-/m0/s1. The third-order valence-corrected chi connectivity index (χ3v) is 3.81. The summed E-state index contributed by atoms with van der Waals surface area (Å²) in [5.74, 6) is -1.79. The van der Waals surface area contributed by atoms with Crippen molar-refractivity contribution in [1.82, 2.24) is 5.32 Å². The quantitative estimate of drug-likeness (QED) is 0.843. The van der Waals surface area contributed by atoms with Crippen LogP contribution in [0.25, 0.3) is 0 Å². The lowest BCUT2D eigenvalue weighted by molar-refractivity contribution is -0.138. The fourth-order valence-electron chi connectivity index (χ4n) is 1.48. The zero-order valence-electron chi connectivity index (χ0n) is 10.8. The van der Waals surface area contributed by atoms with E-state index in [1.165, 1.54) is 25.1 Å². The van der Waals surface area contributed by atoms with Crippen molar-refractivity contribution in [3.63, 3.8) is 0 Å². The number of nitrogens with one attached hydrogen (secondary N) is 1. The van der Waals surface area contributed by atoms with Gasteiger partial charge in [0.1, 0.15) is 6.04 Å². The second kappa shape index (κ2) is 5.40. The maximum atomic E-state index is 11.8. The number of aryl methyl sites for hydroxylation is 1. The molecule has 0 aliphatic rings. The van der Waals surface area contributed by atoms with Crippen molar-refractivity contribution in [2.24, 2.45) is 0 Å². The number of amides is 1. The summed E-state index contributed by atoms with van der Waals surface area (Å²) in [6.45, 7) is 2.95. The van der Waals surface area contributed by atoms with Crippen LogP contribution in [0.5, 0.6) is 0 Å². The number of hydrogen-bond acceptors (Lipinski definition) is 4. The Balaban J connectivity index is 3.10. The number of hydrogen-bond donors (Lipinski definition) is 2. The van der Waals surface area contributed by atoms with Crippen molar-refractivity contribution in [1.29, 1.82) is 0 Å². The number of carboxylic acids is 1. The molecule has 0 fully saturated rings. The summed E-state index contributed by atoms with van der Waals surface area (Å²) >= 11 is 0. The van der Waals surface area contributed by atoms with Gasteiger partial charge in [-0.1, -0.05) is 6.07 Å². The summed E-state index contributed by atoms with van der Waals surface area (Å²) in [6, 6.07) is 3.16. The van der Waals surface area contributed by atoms with Crippen LogP contribution in [-0.2, 0) is 14.6 Å². The molecule has 0 radical (unpaired) electrons. The van der Waals surface area contributed by atoms with Gasteiger partial charge < -0.3 is 10.4 Å². The van der Waals surface area contributed by atoms with Gasteiger partial charge in [0, 0.05) is 11.8 Å². The smallest absolute Gasteiger partial charge is 0.325 e. The zero-order valence-corrected chi connectivity index (χ0v) is 11.6. The highest BCUT2D eigenvalue weighted by molar-refractivity contribution is 7.90. The topological polar surface area (TPSA) is 101 Å². The van der Waals surface area contributed by atoms with Crippen molar-refractivity contribution >= 4 is 21.7 Å². The van der Waals surface area contributed by atoms with E-state index in [1.54, 1.807) is 6.92 Å². The Kier molecular flexibility index (Phi) is 4.31. The van der Waals surface area contributed by atoms with Gasteiger partial charge >= 0.3 is 5.97 Å². The molecule has 0 saturated heterocycles. The van der Waals surface area contributed by atoms with Crippen molar-refractivity contribution in [3.8, 4) is 0 Å². The molecule has 19 heavy (non-hydrogen) atoms. The Morgan fingerprint density at radius 1 is 1.32 bits per heavy atom. The Bertz CT molecular complexity index is 621. The van der Waals surface area contributed by atoms with E-state index in [4.69, 9.17) is 5.11 Å². The average molecular weight is 285 g/mol. The van der Waals surface area contributed by atoms with E-state index < -0.39 is 27.8 Å². The highest BCUT2D eigenvalue weighted by atomic mass is 32.2. The number of carbonyl (C=O) groups is 2. The Morgan fingerprint density at radius 3 is 2.37 bits per heavy atom. The van der Waals surface area contributed by atoms with Crippen LogP contribution in [0, 0.1) is 6.92 Å². The summed E-state index contributed by atoms with van der Waals surface area (Å²) in [4.78, 5) is 22.5. The molecule has 0 saturated carbocycles. The number of benzene rings is 1. The second-order valence-corrected chi connectivity index (χ2v) is 6.27. The summed E-state index contributed by atoms with van der Waals surface area (Å²) in [5, 5.41) is 11.0. The second-order valence-electron chi connectivity index (χ2n) is 4.29. The molecular formula is C12H15NO5S. The van der Waals surface area contributed by atoms with Gasteiger partial charge in [-0.3, -0.25) is 9.59 Å². The van der Waals surface area contributed by atoms with Crippen molar-refractivity contribution < 1.29 is 23.1 Å². The molecule has 0 aromatic heterocycles. The zero-order chi connectivity index (χ0) is 14.8. The van der Waals surface area contributed by atoms with E-state index in [2.05, 4.69) is 5.32 Å². The lowest BCUT2D eigenvalue weighted by atomic mass is 10.1. The molecule has 1 amide bonds. The maximum Gasteiger partial charge on any atom is 0.325 e. The first-order valence-electron chi connectivity index (χ1n) is 5.47. The SMILES string of the molecule is Cc1ccc(C(=O)N[C@@H](C)C(=O)O)cc1S(C)(=O)=O. The number of rotatable bonds is 4. The summed E-state index contributed by atoms with van der Waals surface area (Å²) in [6.07, 6.45) is 1.05. The monoisotopic (exact) mass is 285 g/mol. The Morgan fingerprint density at radius 2 is 1.89 bits per heavy atom. The lowest BCUT2D eigenvalue weighted by Crippen LogP contribution is -2.38. The molecule has 0 unspecified atom stereocenters. The molecule has 1 aromatic rings. The molecular weight excluding hydrogens is 270 g/mol. The van der Waals surface area contributed by atoms with Crippen molar-refractivity contribution in [2.75, 3.05) is 6.26 Å². The molecule has 6 nitrogen and oxygen atoms in total. The van der Waals surface area contributed by atoms with Crippen LogP contribution in [0.15, 0.2) is 23.1 Å². The molecule has 104 valence electrons. The van der Waals surface area contributed by atoms with Crippen LogP contribution in [0.4, 0.5) is 0 Å². The van der Waals surface area contributed by atoms with Gasteiger partial charge in [-0.25, -0.2) is 8.42 Å². The third kappa shape index (κ3) is 3.78. The van der Waals surface area contributed by atoms with Gasteiger partial charge in [0.15, 0.2) is 9.84 Å². The van der Waals surface area contributed by atoms with Crippen LogP contribution in [0.3, 0.4) is 0 Å². The molecule has 1 aromatic carbocycles. The van der Waals surface area contributed by atoms with Gasteiger partial charge in [0.2, 0.25) is 0 Å². The Labute approximate surface area is 111 Å². The minimum Gasteiger partial charge on any atom is -0.480 e. The van der Waals surface area contributed by atoms with Gasteiger partial charge in [0.25, 0.3) is 5.91 Å². The van der Waals surface area contributed by atoms with E-state index >= 15 is 0 Å². The molecule has 0 aliphatic heterocycles. The first kappa shape index (κ1) is 15.2. The summed E-state index contributed by atoms with van der Waals surface area (Å²) in [7, 11) is -3.43. The molecule has 0 heterocycles. The molecule has 1 rings (SSSR count). The van der Waals surface area contributed by atoms with Gasteiger partial charge in [-0.05, 0) is 31.5 Å². The summed E-state index contributed by atoms with van der Waals surface area (Å²) < 4.78 is 23.1. The molecule has 2 N–H and O–H groups in total. The van der Waals surface area contributed by atoms with Crippen LogP contribution in [0.2, 0.25) is 0 Å². The van der Waals surface area contributed by atoms with Crippen LogP contribution >= 0.6 is 0 Å². The highest BCUT2D eigenvalue weighted by Crippen LogP contribution is 2.17. The number of carbonyl (C=O) groups excluding carboxylic acids is 1. The van der Waals surface area contributed by atoms with E-state index in [-0.39, 0.29) is 10.5 Å². The number of carboxylic acid groups (broad SMARTS) is 1. The highest BCUT2D eigenvalue weighted by Gasteiger charge is 2.18. The minimum absolute atomic E-state index is 0.0585. The average Bonchev–Trinajstić information content (AvgIpc) is 2.27. The lowest BCUT2D eigenvalue weighted by Gasteiger charge is -2.11. The largest absolute Gasteiger partial charge is 0.480 e. The molecule has 0 bridgehead atoms. The first-order valence-corrected chi connectivity index (χ1v) is 7.36. The van der Waals surface area contributed by atoms with E-state index in [1.807, 2.05) is 0 Å². The molecule has 0 spiro atoms. The van der Waals surface area contributed by atoms with Gasteiger partial charge in [-0.15, -0.1) is 0 Å². The molecule has 1 atom stereocenters. The van der Waals surface area contributed by atoms with Crippen LogP contribution in [0.1, 0.15) is 22.8 Å². The van der Waals surface area contributed by atoms with E-state index in [0.29, 0.717) is 5.56 Å². The van der Waals surface area contributed by atoms with Crippen LogP contribution in [-0.4, -0.2) is 37.7 Å². The Hall–Kier alpha value is -1.89. The first-order chi connectivity index (χ1) is 8.62. The minimum atomic E-state index is -3.43. The molecule has 0 aliphatic carbocycles. The van der Waals surface area contributed by atoms with Gasteiger partial charge in [-0.2, -0.15) is 0 Å². The normalized spacial score (nSPS) is 12.8. The van der Waals surface area contributed by atoms with Gasteiger partial charge in [0.05, 0.1) is 4.90 Å². The summed E-state index contributed by atoms with van der Waals surface area (Å²) in [5.41, 5.74) is 0.643. The maximum absolute atomic E-state index is 11.8. The van der Waals surface area contributed by atoms with E-state index in [0.717, 1.165) is 6.26 Å². The number of sulfone groups is 1. The van der Waals surface area contributed by atoms with Crippen molar-refractivity contribution in [2.45, 2.75) is 24.8 Å². The fourth-order valence-corrected chi connectivity index (χ4v) is 2.48. The van der Waals surface area contributed by atoms with Crippen molar-refractivity contribution in [3.05, 3.63) is 29.3 Å². The molecule has 7 heteroatoms. The van der Waals surface area contributed by atoms with Crippen LogP contribution < -0.4 is 5.32 Å². The fraction of sp³-hybridized carbons (Fsp3) is 0.333. The van der Waals surface area contributed by atoms with E-state index in [9.17, 15) is 18.0 Å². The third-order valence-electron chi connectivity index (χ3n) is 2.57.